The molecule has 2 aliphatic carbocycles. The van der Waals surface area contributed by atoms with Crippen LogP contribution in [0.5, 0.6) is 0 Å². The Morgan fingerprint density at radius 1 is 0.679 bits per heavy atom. The average Bonchev–Trinajstić information content (AvgIpc) is 2.91. The van der Waals surface area contributed by atoms with Crippen LogP contribution in [-0.2, 0) is 19.2 Å². The summed E-state index contributed by atoms with van der Waals surface area (Å²) < 4.78 is 0. The van der Waals surface area contributed by atoms with E-state index in [1.807, 2.05) is 41.5 Å². The minimum atomic E-state index is -0.561. The Balaban J connectivity index is 1.56. The molecule has 0 aromatic carbocycles. The van der Waals surface area contributed by atoms with E-state index < -0.39 is 10.8 Å². The van der Waals surface area contributed by atoms with Gasteiger partial charge in [0.2, 0.25) is 23.6 Å². The van der Waals surface area contributed by atoms with Crippen LogP contribution in [0.4, 0.5) is 0 Å². The van der Waals surface area contributed by atoms with Crippen molar-refractivity contribution in [2.75, 3.05) is 13.1 Å². The molecule has 0 N–H and O–H groups in total. The predicted octanol–water partition coefficient (Wildman–Crippen LogP) is 2.61. The van der Waals surface area contributed by atoms with Gasteiger partial charge in [-0.2, -0.15) is 0 Å². The Bertz CT molecular complexity index is 734. The van der Waals surface area contributed by atoms with Crippen LogP contribution in [-0.4, -0.2) is 46.5 Å². The molecular formula is C22H32N2O4. The number of rotatable bonds is 3. The van der Waals surface area contributed by atoms with E-state index in [0.29, 0.717) is 12.8 Å². The highest BCUT2D eigenvalue weighted by atomic mass is 16.2. The van der Waals surface area contributed by atoms with Crippen molar-refractivity contribution in [1.82, 2.24) is 9.80 Å². The maximum absolute atomic E-state index is 13.2. The fourth-order valence-corrected chi connectivity index (χ4v) is 6.43. The molecule has 4 atom stereocenters. The Hall–Kier alpha value is -1.72. The van der Waals surface area contributed by atoms with E-state index in [1.54, 1.807) is 0 Å². The first-order valence-electron chi connectivity index (χ1n) is 10.5. The van der Waals surface area contributed by atoms with Crippen molar-refractivity contribution in [2.24, 2.45) is 33.5 Å². The van der Waals surface area contributed by atoms with Crippen LogP contribution in [0.1, 0.15) is 67.2 Å². The third-order valence-corrected chi connectivity index (χ3v) is 9.56. The molecular weight excluding hydrogens is 356 g/mol. The molecule has 0 spiro atoms. The largest absolute Gasteiger partial charge is 0.280 e. The third kappa shape index (κ3) is 1.99. The Morgan fingerprint density at radius 3 is 1.32 bits per heavy atom. The van der Waals surface area contributed by atoms with E-state index in [-0.39, 0.29) is 59.4 Å². The van der Waals surface area contributed by atoms with Crippen molar-refractivity contribution < 1.29 is 19.2 Å². The van der Waals surface area contributed by atoms with Crippen LogP contribution in [0.25, 0.3) is 0 Å². The van der Waals surface area contributed by atoms with Crippen molar-refractivity contribution >= 4 is 23.6 Å². The highest BCUT2D eigenvalue weighted by Gasteiger charge is 2.66. The van der Waals surface area contributed by atoms with Gasteiger partial charge in [-0.15, -0.1) is 0 Å². The molecule has 28 heavy (non-hydrogen) atoms. The molecule has 2 aliphatic heterocycles. The molecule has 4 bridgehead atoms. The predicted molar refractivity (Wildman–Crippen MR) is 103 cm³/mol. The van der Waals surface area contributed by atoms with Gasteiger partial charge in [-0.3, -0.25) is 29.0 Å². The number of imide groups is 2. The van der Waals surface area contributed by atoms with Crippen molar-refractivity contribution in [2.45, 2.75) is 67.2 Å². The van der Waals surface area contributed by atoms with Crippen molar-refractivity contribution in [3.8, 4) is 0 Å². The Morgan fingerprint density at radius 2 is 1.00 bits per heavy atom. The minimum Gasteiger partial charge on any atom is -0.280 e. The third-order valence-electron chi connectivity index (χ3n) is 9.56. The van der Waals surface area contributed by atoms with Gasteiger partial charge < -0.3 is 0 Å². The summed E-state index contributed by atoms with van der Waals surface area (Å²) in [6, 6.07) is 0. The van der Waals surface area contributed by atoms with Gasteiger partial charge in [-0.05, 0) is 36.5 Å². The minimum absolute atomic E-state index is 0.112. The van der Waals surface area contributed by atoms with E-state index in [4.69, 9.17) is 0 Å². The molecule has 2 heterocycles. The molecule has 4 rings (SSSR count). The first-order valence-corrected chi connectivity index (χ1v) is 10.5. The fourth-order valence-electron chi connectivity index (χ4n) is 6.43. The van der Waals surface area contributed by atoms with Crippen molar-refractivity contribution in [3.63, 3.8) is 0 Å². The molecule has 4 fully saturated rings. The Labute approximate surface area is 167 Å². The van der Waals surface area contributed by atoms with Gasteiger partial charge in [0, 0.05) is 24.9 Å². The highest BCUT2D eigenvalue weighted by molar-refractivity contribution is 6.05. The molecule has 4 aliphatic rings. The van der Waals surface area contributed by atoms with E-state index in [2.05, 4.69) is 0 Å². The molecule has 0 radical (unpaired) electrons. The van der Waals surface area contributed by atoms with Crippen LogP contribution < -0.4 is 0 Å². The number of hydrogen-bond donors (Lipinski definition) is 0. The summed E-state index contributed by atoms with van der Waals surface area (Å²) in [6.07, 6.45) is 2.87. The lowest BCUT2D eigenvalue weighted by Gasteiger charge is -2.49. The van der Waals surface area contributed by atoms with Crippen molar-refractivity contribution in [3.05, 3.63) is 0 Å². The summed E-state index contributed by atoms with van der Waals surface area (Å²) in [5.41, 5.74) is -1.83. The summed E-state index contributed by atoms with van der Waals surface area (Å²) in [5, 5.41) is 0. The maximum atomic E-state index is 13.2. The first-order chi connectivity index (χ1) is 12.8. The van der Waals surface area contributed by atoms with Gasteiger partial charge in [0.25, 0.3) is 0 Å². The quantitative estimate of drug-likeness (QED) is 0.697. The zero-order valence-electron chi connectivity index (χ0n) is 17.9. The Kier molecular flexibility index (Phi) is 3.81. The lowest BCUT2D eigenvalue weighted by atomic mass is 9.62. The molecule has 2 saturated heterocycles. The number of carbonyl (C=O) groups excluding carboxylic acids is 4. The fraction of sp³-hybridized carbons (Fsp3) is 0.818. The number of likely N-dealkylation sites (tertiary alicyclic amines) is 2. The molecule has 0 aromatic heterocycles. The molecule has 6 nitrogen and oxygen atoms in total. The van der Waals surface area contributed by atoms with Crippen LogP contribution in [0.2, 0.25) is 0 Å². The van der Waals surface area contributed by atoms with Gasteiger partial charge in [-0.25, -0.2) is 0 Å². The van der Waals surface area contributed by atoms with Gasteiger partial charge in [-0.1, -0.05) is 41.5 Å². The maximum Gasteiger partial charge on any atom is 0.235 e. The average molecular weight is 389 g/mol. The monoisotopic (exact) mass is 388 g/mol. The number of hydrogen-bond acceptors (Lipinski definition) is 4. The second kappa shape index (κ2) is 5.45. The summed E-state index contributed by atoms with van der Waals surface area (Å²) in [4.78, 5) is 55.1. The van der Waals surface area contributed by atoms with Gasteiger partial charge in [0.15, 0.2) is 0 Å². The molecule has 0 aromatic rings. The van der Waals surface area contributed by atoms with Crippen LogP contribution in [0, 0.1) is 33.5 Å². The summed E-state index contributed by atoms with van der Waals surface area (Å²) >= 11 is 0. The summed E-state index contributed by atoms with van der Waals surface area (Å²) in [5.74, 6) is -0.927. The van der Waals surface area contributed by atoms with E-state index in [0.717, 1.165) is 12.8 Å². The van der Waals surface area contributed by atoms with Crippen LogP contribution >= 0.6 is 0 Å². The lowest BCUT2D eigenvalue weighted by Crippen LogP contribution is -2.63. The molecule has 0 unspecified atom stereocenters. The summed E-state index contributed by atoms with van der Waals surface area (Å²) in [6.45, 7) is 12.2. The number of carbonyl (C=O) groups is 4. The lowest BCUT2D eigenvalue weighted by molar-refractivity contribution is -0.173. The molecule has 6 heteroatoms. The zero-order valence-corrected chi connectivity index (χ0v) is 17.9. The first kappa shape index (κ1) is 19.6. The normalized spacial score (nSPS) is 41.2. The van der Waals surface area contributed by atoms with Crippen LogP contribution in [0.15, 0.2) is 0 Å². The van der Waals surface area contributed by atoms with Crippen molar-refractivity contribution in [1.29, 1.82) is 0 Å². The molecule has 154 valence electrons. The second-order valence-electron chi connectivity index (χ2n) is 10.9. The number of amides is 4. The van der Waals surface area contributed by atoms with Crippen LogP contribution in [0.3, 0.4) is 0 Å². The zero-order chi connectivity index (χ0) is 20.9. The highest BCUT2D eigenvalue weighted by Crippen LogP contribution is 2.61. The van der Waals surface area contributed by atoms with Gasteiger partial charge in [0.05, 0.1) is 10.8 Å². The second-order valence-corrected chi connectivity index (χ2v) is 10.9. The van der Waals surface area contributed by atoms with Gasteiger partial charge in [0.1, 0.15) is 0 Å². The SMILES string of the molecule is CC1(C)[C@@H]2CC[C@@]1(C)C(=O)N(CCN1C(=O)[C@@H]3CC[C@](C)(C1=O)C3(C)C)C2=O. The number of nitrogens with zero attached hydrogens (tertiary/aromatic N) is 2. The molecule has 2 saturated carbocycles. The number of piperidine rings is 2. The van der Waals surface area contributed by atoms with Gasteiger partial charge >= 0.3 is 0 Å². The smallest absolute Gasteiger partial charge is 0.235 e. The number of fused-ring (bicyclic) bond motifs is 4. The van der Waals surface area contributed by atoms with E-state index in [9.17, 15) is 19.2 Å². The van der Waals surface area contributed by atoms with E-state index in [1.165, 1.54) is 9.80 Å². The van der Waals surface area contributed by atoms with E-state index >= 15 is 0 Å². The standard InChI is InChI=1S/C22H32N2O4/c1-19(2)13-7-9-21(19,5)17(27)23(15(13)25)11-12-24-16(26)14-8-10-22(6,18(24)28)20(14,3)4/h13-14H,7-12H2,1-6H3/t13-,14+,21+,22-. The summed E-state index contributed by atoms with van der Waals surface area (Å²) in [7, 11) is 0. The molecule has 4 amide bonds. The topological polar surface area (TPSA) is 74.8 Å².